The first-order valence-electron chi connectivity index (χ1n) is 6.37. The Morgan fingerprint density at radius 2 is 1.95 bits per heavy atom. The zero-order valence-corrected chi connectivity index (χ0v) is 12.1. The van der Waals surface area contributed by atoms with Gasteiger partial charge in [0.25, 0.3) is 0 Å². The number of rotatable bonds is 8. The third-order valence-corrected chi connectivity index (χ3v) is 4.20. The van der Waals surface area contributed by atoms with Crippen molar-refractivity contribution < 1.29 is 19.8 Å². The van der Waals surface area contributed by atoms with Crippen LogP contribution in [-0.2, 0) is 9.59 Å². The van der Waals surface area contributed by atoms with Crippen LogP contribution in [0.2, 0.25) is 0 Å². The van der Waals surface area contributed by atoms with Crippen molar-refractivity contribution in [3.8, 4) is 0 Å². The van der Waals surface area contributed by atoms with Crippen molar-refractivity contribution in [2.24, 2.45) is 5.73 Å². The van der Waals surface area contributed by atoms with Crippen molar-refractivity contribution >= 4 is 23.5 Å². The fourth-order valence-electron chi connectivity index (χ4n) is 1.61. The average Bonchev–Trinajstić information content (AvgIpc) is 2.46. The Balaban J connectivity index is 2.91. The Bertz CT molecular complexity index is 466. The maximum absolute atomic E-state index is 12.2. The molecule has 0 amide bonds. The number of benzene rings is 1. The van der Waals surface area contributed by atoms with E-state index in [0.717, 1.165) is 24.6 Å². The van der Waals surface area contributed by atoms with Crippen molar-refractivity contribution in [2.45, 2.75) is 30.7 Å². The zero-order chi connectivity index (χ0) is 15.2. The summed E-state index contributed by atoms with van der Waals surface area (Å²) in [5.74, 6) is -1.89. The number of unbranched alkanes of at least 4 members (excludes halogenated alkanes) is 1. The number of aliphatic hydroxyl groups is 1. The minimum absolute atomic E-state index is 0.338. The number of hydrogen-bond donors (Lipinski definition) is 3. The lowest BCUT2D eigenvalue weighted by atomic mass is 10.0. The zero-order valence-electron chi connectivity index (χ0n) is 11.3. The van der Waals surface area contributed by atoms with Gasteiger partial charge in [-0.3, -0.25) is 4.79 Å². The first-order valence-corrected chi connectivity index (χ1v) is 7.35. The van der Waals surface area contributed by atoms with Crippen molar-refractivity contribution in [1.29, 1.82) is 0 Å². The largest absolute Gasteiger partial charge is 0.479 e. The van der Waals surface area contributed by atoms with Gasteiger partial charge in [-0.15, -0.1) is 11.8 Å². The van der Waals surface area contributed by atoms with E-state index >= 15 is 0 Å². The molecular formula is C14H19NO4S. The van der Waals surface area contributed by atoms with Gasteiger partial charge in [0.05, 0.1) is 0 Å². The summed E-state index contributed by atoms with van der Waals surface area (Å²) in [6.07, 6.45) is 0.0930. The smallest absolute Gasteiger partial charge is 0.342 e. The molecule has 0 heterocycles. The molecule has 1 aromatic carbocycles. The second-order valence-electron chi connectivity index (χ2n) is 4.42. The van der Waals surface area contributed by atoms with E-state index in [1.807, 2.05) is 6.92 Å². The summed E-state index contributed by atoms with van der Waals surface area (Å²) < 4.78 is 0. The highest BCUT2D eigenvalue weighted by molar-refractivity contribution is 8.02. The highest BCUT2D eigenvalue weighted by atomic mass is 32.2. The summed E-state index contributed by atoms with van der Waals surface area (Å²) in [5, 5.41) is 19.2. The molecule has 0 aliphatic carbocycles. The van der Waals surface area contributed by atoms with E-state index in [9.17, 15) is 19.8 Å². The fourth-order valence-corrected chi connectivity index (χ4v) is 2.74. The van der Waals surface area contributed by atoms with E-state index in [0.29, 0.717) is 11.3 Å². The van der Waals surface area contributed by atoms with Crippen LogP contribution >= 0.6 is 11.8 Å². The molecule has 2 atom stereocenters. The summed E-state index contributed by atoms with van der Waals surface area (Å²) in [6.45, 7) is 1.96. The molecule has 5 nitrogen and oxygen atoms in total. The normalized spacial score (nSPS) is 15.3. The highest BCUT2D eigenvalue weighted by Gasteiger charge is 2.45. The van der Waals surface area contributed by atoms with Crippen LogP contribution in [0.1, 0.15) is 31.4 Å². The van der Waals surface area contributed by atoms with Crippen LogP contribution in [0.3, 0.4) is 0 Å². The SMILES string of the molecule is CCCCSC(N)(C(=O)O)C(=O)C(O)c1ccccc1. The van der Waals surface area contributed by atoms with Gasteiger partial charge in [0, 0.05) is 0 Å². The van der Waals surface area contributed by atoms with Crippen molar-refractivity contribution in [3.05, 3.63) is 35.9 Å². The van der Waals surface area contributed by atoms with Gasteiger partial charge in [0.2, 0.25) is 10.7 Å². The van der Waals surface area contributed by atoms with Crippen molar-refractivity contribution in [1.82, 2.24) is 0 Å². The second-order valence-corrected chi connectivity index (χ2v) is 5.76. The molecule has 4 N–H and O–H groups in total. The van der Waals surface area contributed by atoms with E-state index in [-0.39, 0.29) is 0 Å². The van der Waals surface area contributed by atoms with Gasteiger partial charge in [0.1, 0.15) is 6.10 Å². The third-order valence-electron chi connectivity index (χ3n) is 2.88. The van der Waals surface area contributed by atoms with Gasteiger partial charge in [-0.25, -0.2) is 4.79 Å². The van der Waals surface area contributed by atoms with Gasteiger partial charge < -0.3 is 15.9 Å². The number of Topliss-reactive ketones (excluding diaryl/α,β-unsaturated/α-hetero) is 1. The van der Waals surface area contributed by atoms with Crippen LogP contribution in [0, 0.1) is 0 Å². The van der Waals surface area contributed by atoms with Crippen molar-refractivity contribution in [3.63, 3.8) is 0 Å². The predicted molar refractivity (Wildman–Crippen MR) is 78.3 cm³/mol. The highest BCUT2D eigenvalue weighted by Crippen LogP contribution is 2.28. The molecule has 0 spiro atoms. The molecule has 1 rings (SSSR count). The fraction of sp³-hybridized carbons (Fsp3) is 0.429. The van der Waals surface area contributed by atoms with Gasteiger partial charge in [0.15, 0.2) is 0 Å². The van der Waals surface area contributed by atoms with Crippen LogP contribution in [0.4, 0.5) is 0 Å². The van der Waals surface area contributed by atoms with Gasteiger partial charge >= 0.3 is 5.97 Å². The van der Waals surface area contributed by atoms with Gasteiger partial charge in [-0.2, -0.15) is 0 Å². The number of hydrogen-bond acceptors (Lipinski definition) is 5. The van der Waals surface area contributed by atoms with Gasteiger partial charge in [-0.1, -0.05) is 43.7 Å². The van der Waals surface area contributed by atoms with Crippen LogP contribution in [-0.4, -0.2) is 32.6 Å². The summed E-state index contributed by atoms with van der Waals surface area (Å²) in [4.78, 5) is 21.4. The summed E-state index contributed by atoms with van der Waals surface area (Å²) in [6, 6.07) is 8.18. The van der Waals surface area contributed by atoms with Gasteiger partial charge in [-0.05, 0) is 17.7 Å². The Hall–Kier alpha value is -1.37. The van der Waals surface area contributed by atoms with Crippen LogP contribution in [0.25, 0.3) is 0 Å². The molecule has 0 bridgehead atoms. The summed E-state index contributed by atoms with van der Waals surface area (Å²) in [7, 11) is 0. The monoisotopic (exact) mass is 297 g/mol. The molecule has 20 heavy (non-hydrogen) atoms. The minimum atomic E-state index is -2.12. The molecule has 0 saturated heterocycles. The van der Waals surface area contributed by atoms with E-state index in [1.165, 1.54) is 0 Å². The number of ketones is 1. The molecular weight excluding hydrogens is 278 g/mol. The van der Waals surface area contributed by atoms with Crippen LogP contribution < -0.4 is 5.73 Å². The summed E-state index contributed by atoms with van der Waals surface area (Å²) in [5.41, 5.74) is 6.05. The van der Waals surface area contributed by atoms with E-state index in [1.54, 1.807) is 30.3 Å². The Kier molecular flexibility index (Phi) is 6.19. The molecule has 0 aliphatic rings. The number of carbonyl (C=O) groups is 2. The first kappa shape index (κ1) is 16.7. The summed E-state index contributed by atoms with van der Waals surface area (Å²) >= 11 is 0.856. The number of aliphatic carboxylic acids is 1. The standard InChI is InChI=1S/C14H19NO4S/c1-2-3-9-20-14(15,13(18)19)12(17)11(16)10-7-5-4-6-8-10/h4-8,11,16H,2-3,9,15H2,1H3,(H,18,19). The average molecular weight is 297 g/mol. The second kappa shape index (κ2) is 7.42. The van der Waals surface area contributed by atoms with E-state index < -0.39 is 22.7 Å². The van der Waals surface area contributed by atoms with Crippen LogP contribution in [0.15, 0.2) is 30.3 Å². The number of nitrogens with two attached hydrogens (primary N) is 1. The Morgan fingerprint density at radius 1 is 1.35 bits per heavy atom. The number of thioether (sulfide) groups is 1. The molecule has 0 aliphatic heterocycles. The number of carboxylic acid groups (broad SMARTS) is 1. The van der Waals surface area contributed by atoms with Crippen molar-refractivity contribution in [2.75, 3.05) is 5.75 Å². The first-order chi connectivity index (χ1) is 9.43. The maximum atomic E-state index is 12.2. The maximum Gasteiger partial charge on any atom is 0.342 e. The molecule has 110 valence electrons. The minimum Gasteiger partial charge on any atom is -0.479 e. The lowest BCUT2D eigenvalue weighted by Gasteiger charge is -2.25. The molecule has 0 fully saturated rings. The number of aliphatic hydroxyl groups excluding tert-OH is 1. The number of carbonyl (C=O) groups excluding carboxylic acids is 1. The molecule has 0 radical (unpaired) electrons. The molecule has 2 unspecified atom stereocenters. The molecule has 1 aromatic rings. The molecule has 0 saturated carbocycles. The van der Waals surface area contributed by atoms with E-state index in [2.05, 4.69) is 0 Å². The lowest BCUT2D eigenvalue weighted by Crippen LogP contribution is -2.54. The van der Waals surface area contributed by atoms with E-state index in [4.69, 9.17) is 5.73 Å². The lowest BCUT2D eigenvalue weighted by molar-refractivity contribution is -0.146. The predicted octanol–water partition coefficient (Wildman–Crippen LogP) is 1.56. The van der Waals surface area contributed by atoms with Crippen LogP contribution in [0.5, 0.6) is 0 Å². The third kappa shape index (κ3) is 3.82. The Labute approximate surface area is 122 Å². The Morgan fingerprint density at radius 3 is 2.45 bits per heavy atom. The molecule has 0 aromatic heterocycles. The molecule has 6 heteroatoms. The quantitative estimate of drug-likeness (QED) is 0.382. The number of carboxylic acids is 1. The topological polar surface area (TPSA) is 101 Å².